The topological polar surface area (TPSA) is 50.1 Å². The molecule has 0 saturated carbocycles. The molecule has 0 aliphatic carbocycles. The maximum Gasteiger partial charge on any atom is 0.0922 e. The van der Waals surface area contributed by atoms with Crippen molar-refractivity contribution in [3.63, 3.8) is 0 Å². The van der Waals surface area contributed by atoms with E-state index in [2.05, 4.69) is 10.4 Å². The maximum absolute atomic E-state index is 9.99. The first-order valence-electron chi connectivity index (χ1n) is 6.84. The summed E-state index contributed by atoms with van der Waals surface area (Å²) in [6, 6.07) is 13.9. The maximum atomic E-state index is 9.99. The molecule has 0 radical (unpaired) electrons. The van der Waals surface area contributed by atoms with Gasteiger partial charge in [-0.25, -0.2) is 4.68 Å². The van der Waals surface area contributed by atoms with Gasteiger partial charge in [0, 0.05) is 19.3 Å². The monoisotopic (exact) mass is 299 g/mol. The highest BCUT2D eigenvalue weighted by molar-refractivity contribution is 7.07. The van der Waals surface area contributed by atoms with E-state index in [0.29, 0.717) is 13.1 Å². The van der Waals surface area contributed by atoms with Crippen molar-refractivity contribution in [1.82, 2.24) is 15.1 Å². The van der Waals surface area contributed by atoms with E-state index in [0.717, 1.165) is 16.9 Å². The summed E-state index contributed by atoms with van der Waals surface area (Å²) < 4.78 is 1.85. The molecule has 1 atom stereocenters. The third-order valence-electron chi connectivity index (χ3n) is 3.24. The van der Waals surface area contributed by atoms with Crippen molar-refractivity contribution in [2.24, 2.45) is 0 Å². The predicted molar refractivity (Wildman–Crippen MR) is 84.5 cm³/mol. The average molecular weight is 299 g/mol. The number of thiophene rings is 1. The van der Waals surface area contributed by atoms with Gasteiger partial charge in [0.25, 0.3) is 0 Å². The number of nitrogens with zero attached hydrogens (tertiary/aromatic N) is 2. The van der Waals surface area contributed by atoms with Crippen LogP contribution in [0.4, 0.5) is 0 Å². The minimum Gasteiger partial charge on any atom is -0.387 e. The molecule has 0 bridgehead atoms. The average Bonchev–Trinajstić information content (AvgIpc) is 3.20. The third kappa shape index (κ3) is 3.58. The van der Waals surface area contributed by atoms with Gasteiger partial charge >= 0.3 is 0 Å². The Labute approximate surface area is 127 Å². The largest absolute Gasteiger partial charge is 0.387 e. The lowest BCUT2D eigenvalue weighted by atomic mass is 10.2. The Hall–Kier alpha value is -1.95. The zero-order chi connectivity index (χ0) is 14.5. The van der Waals surface area contributed by atoms with Crippen LogP contribution >= 0.6 is 11.3 Å². The van der Waals surface area contributed by atoms with Gasteiger partial charge in [0.1, 0.15) is 0 Å². The van der Waals surface area contributed by atoms with E-state index in [1.807, 2.05) is 64.1 Å². The molecular weight excluding hydrogens is 282 g/mol. The van der Waals surface area contributed by atoms with Gasteiger partial charge in [0.05, 0.1) is 17.5 Å². The zero-order valence-corrected chi connectivity index (χ0v) is 12.3. The molecule has 108 valence electrons. The number of aliphatic hydroxyl groups is 1. The molecule has 5 heteroatoms. The highest BCUT2D eigenvalue weighted by Gasteiger charge is 2.07. The number of para-hydroxylation sites is 1. The van der Waals surface area contributed by atoms with Crippen molar-refractivity contribution >= 4 is 11.3 Å². The van der Waals surface area contributed by atoms with E-state index < -0.39 is 6.10 Å². The second kappa shape index (κ2) is 6.67. The van der Waals surface area contributed by atoms with Gasteiger partial charge in [-0.2, -0.15) is 16.4 Å². The van der Waals surface area contributed by atoms with Crippen LogP contribution in [-0.2, 0) is 6.54 Å². The number of hydrogen-bond donors (Lipinski definition) is 2. The number of benzene rings is 1. The number of aliphatic hydroxyl groups excluding tert-OH is 1. The van der Waals surface area contributed by atoms with Gasteiger partial charge < -0.3 is 10.4 Å². The van der Waals surface area contributed by atoms with E-state index in [1.54, 1.807) is 11.3 Å². The predicted octanol–water partition coefficient (Wildman–Crippen LogP) is 2.76. The van der Waals surface area contributed by atoms with E-state index in [9.17, 15) is 5.11 Å². The molecule has 0 saturated heterocycles. The van der Waals surface area contributed by atoms with Crippen LogP contribution in [0, 0.1) is 0 Å². The van der Waals surface area contributed by atoms with E-state index in [1.165, 1.54) is 0 Å². The van der Waals surface area contributed by atoms with Crippen LogP contribution in [0.25, 0.3) is 5.69 Å². The Kier molecular flexibility index (Phi) is 4.45. The Balaban J connectivity index is 1.54. The van der Waals surface area contributed by atoms with Crippen molar-refractivity contribution in [2.45, 2.75) is 12.6 Å². The highest BCUT2D eigenvalue weighted by atomic mass is 32.1. The fraction of sp³-hybridized carbons (Fsp3) is 0.188. The Morgan fingerprint density at radius 2 is 2.05 bits per heavy atom. The summed E-state index contributed by atoms with van der Waals surface area (Å²) in [5, 5.41) is 21.7. The van der Waals surface area contributed by atoms with Crippen LogP contribution in [0.5, 0.6) is 0 Å². The molecule has 1 aromatic carbocycles. The van der Waals surface area contributed by atoms with Gasteiger partial charge in [-0.15, -0.1) is 0 Å². The zero-order valence-electron chi connectivity index (χ0n) is 11.5. The first-order chi connectivity index (χ1) is 10.3. The lowest BCUT2D eigenvalue weighted by Crippen LogP contribution is -2.21. The number of aromatic nitrogens is 2. The molecule has 0 spiro atoms. The molecule has 0 aliphatic rings. The molecule has 0 fully saturated rings. The van der Waals surface area contributed by atoms with Crippen molar-refractivity contribution in [3.05, 3.63) is 70.7 Å². The summed E-state index contributed by atoms with van der Waals surface area (Å²) in [6.45, 7) is 1.16. The Morgan fingerprint density at radius 1 is 1.19 bits per heavy atom. The SMILES string of the molecule is OC(CNCc1ccn(-c2ccccc2)n1)c1ccsc1. The van der Waals surface area contributed by atoms with Crippen LogP contribution in [0.2, 0.25) is 0 Å². The van der Waals surface area contributed by atoms with Crippen molar-refractivity contribution in [1.29, 1.82) is 0 Å². The summed E-state index contributed by atoms with van der Waals surface area (Å²) in [4.78, 5) is 0. The smallest absolute Gasteiger partial charge is 0.0922 e. The fourth-order valence-corrected chi connectivity index (χ4v) is 2.81. The number of hydrogen-bond acceptors (Lipinski definition) is 4. The van der Waals surface area contributed by atoms with Gasteiger partial charge in [0.2, 0.25) is 0 Å². The van der Waals surface area contributed by atoms with Gasteiger partial charge in [-0.1, -0.05) is 18.2 Å². The van der Waals surface area contributed by atoms with Crippen LogP contribution in [0.3, 0.4) is 0 Å². The van der Waals surface area contributed by atoms with Crippen molar-refractivity contribution in [2.75, 3.05) is 6.54 Å². The van der Waals surface area contributed by atoms with Gasteiger partial charge in [0.15, 0.2) is 0 Å². The lowest BCUT2D eigenvalue weighted by Gasteiger charge is -2.09. The van der Waals surface area contributed by atoms with Crippen LogP contribution in [0.1, 0.15) is 17.4 Å². The van der Waals surface area contributed by atoms with Crippen LogP contribution < -0.4 is 5.32 Å². The molecule has 21 heavy (non-hydrogen) atoms. The highest BCUT2D eigenvalue weighted by Crippen LogP contribution is 2.15. The second-order valence-electron chi connectivity index (χ2n) is 4.79. The minimum absolute atomic E-state index is 0.465. The summed E-state index contributed by atoms with van der Waals surface area (Å²) in [6.07, 6.45) is 1.48. The quantitative estimate of drug-likeness (QED) is 0.736. The third-order valence-corrected chi connectivity index (χ3v) is 3.94. The summed E-state index contributed by atoms with van der Waals surface area (Å²) in [7, 11) is 0. The van der Waals surface area contributed by atoms with Crippen LogP contribution in [-0.4, -0.2) is 21.4 Å². The number of nitrogens with one attached hydrogen (secondary N) is 1. The molecule has 2 N–H and O–H groups in total. The van der Waals surface area contributed by atoms with E-state index >= 15 is 0 Å². The second-order valence-corrected chi connectivity index (χ2v) is 5.57. The molecule has 2 aromatic heterocycles. The first kappa shape index (κ1) is 14.0. The Morgan fingerprint density at radius 3 is 2.81 bits per heavy atom. The normalized spacial score (nSPS) is 12.4. The van der Waals surface area contributed by atoms with Gasteiger partial charge in [-0.3, -0.25) is 0 Å². The van der Waals surface area contributed by atoms with Crippen molar-refractivity contribution in [3.8, 4) is 5.69 Å². The lowest BCUT2D eigenvalue weighted by molar-refractivity contribution is 0.174. The number of rotatable bonds is 6. The van der Waals surface area contributed by atoms with Crippen molar-refractivity contribution < 1.29 is 5.11 Å². The van der Waals surface area contributed by atoms with Crippen LogP contribution in [0.15, 0.2) is 59.4 Å². The summed E-state index contributed by atoms with van der Waals surface area (Å²) >= 11 is 1.60. The minimum atomic E-state index is -0.465. The molecular formula is C16H17N3OS. The molecule has 3 rings (SSSR count). The standard InChI is InChI=1S/C16H17N3OS/c20-16(13-7-9-21-12-13)11-17-10-14-6-8-19(18-14)15-4-2-1-3-5-15/h1-9,12,16-17,20H,10-11H2. The van der Waals surface area contributed by atoms with E-state index in [4.69, 9.17) is 0 Å². The first-order valence-corrected chi connectivity index (χ1v) is 7.78. The summed E-state index contributed by atoms with van der Waals surface area (Å²) in [5.74, 6) is 0. The fourth-order valence-electron chi connectivity index (χ4n) is 2.10. The Bertz CT molecular complexity index is 664. The van der Waals surface area contributed by atoms with E-state index in [-0.39, 0.29) is 0 Å². The molecule has 0 amide bonds. The summed E-state index contributed by atoms with van der Waals surface area (Å²) in [5.41, 5.74) is 2.96. The molecule has 0 aliphatic heterocycles. The molecule has 2 heterocycles. The van der Waals surface area contributed by atoms with Gasteiger partial charge in [-0.05, 0) is 40.6 Å². The molecule has 3 aromatic rings. The molecule has 1 unspecified atom stereocenters. The molecule has 4 nitrogen and oxygen atoms in total.